The summed E-state index contributed by atoms with van der Waals surface area (Å²) in [6.07, 6.45) is 0. The molecule has 0 aliphatic heterocycles. The topological polar surface area (TPSA) is 19.7 Å². The second-order valence-electron chi connectivity index (χ2n) is 21.0. The van der Waals surface area contributed by atoms with Crippen LogP contribution in [0.25, 0.3) is 143 Å². The maximum atomic E-state index is 2.46. The van der Waals surface area contributed by atoms with Crippen molar-refractivity contribution in [1.82, 2.24) is 18.3 Å². The summed E-state index contributed by atoms with van der Waals surface area (Å²) in [6.45, 7) is 4.50. The second kappa shape index (κ2) is 17.2. The molecule has 0 N–H and O–H groups in total. The summed E-state index contributed by atoms with van der Waals surface area (Å²) < 4.78 is 9.67. The van der Waals surface area contributed by atoms with Gasteiger partial charge in [-0.25, -0.2) is 0 Å². The van der Waals surface area contributed by atoms with Crippen molar-refractivity contribution in [3.63, 3.8) is 0 Å². The van der Waals surface area contributed by atoms with Gasteiger partial charge in [0.2, 0.25) is 0 Å². The smallest absolute Gasteiger partial charge is 0.0547 e. The Bertz CT molecular complexity index is 4990. The SMILES string of the molecule is Cc1cc(-n2c3ccccc3c3ccccc32)ccc1-c1ccc(-n2c3ccccc3c3ccc(-c4ccc5c6ccccc6n(-c6ccc(-c7ccc(-n8c9ccccc9c9ccccc98)cc7)cc6)c5c4)cc32)cc1C. The van der Waals surface area contributed by atoms with Crippen LogP contribution in [0.3, 0.4) is 0 Å². The molecule has 0 radical (unpaired) electrons. The Morgan fingerprint density at radius 1 is 0.192 bits per heavy atom. The van der Waals surface area contributed by atoms with E-state index in [-0.39, 0.29) is 0 Å². The Morgan fingerprint density at radius 3 is 0.756 bits per heavy atom. The number of fused-ring (bicyclic) bond motifs is 12. The van der Waals surface area contributed by atoms with E-state index >= 15 is 0 Å². The molecule has 78 heavy (non-hydrogen) atoms. The number of hydrogen-bond donors (Lipinski definition) is 0. The Kier molecular flexibility index (Phi) is 9.73. The number of para-hydroxylation sites is 6. The lowest BCUT2D eigenvalue weighted by Gasteiger charge is -2.16. The van der Waals surface area contributed by atoms with Crippen molar-refractivity contribution < 1.29 is 0 Å². The van der Waals surface area contributed by atoms with Gasteiger partial charge in [0.25, 0.3) is 0 Å². The number of aromatic nitrogens is 4. The highest BCUT2D eigenvalue weighted by molar-refractivity contribution is 6.13. The highest BCUT2D eigenvalue weighted by Gasteiger charge is 2.19. The van der Waals surface area contributed by atoms with Crippen LogP contribution in [0.4, 0.5) is 0 Å². The highest BCUT2D eigenvalue weighted by atomic mass is 15.0. The Balaban J connectivity index is 0.751. The second-order valence-corrected chi connectivity index (χ2v) is 21.0. The summed E-state index contributed by atoms with van der Waals surface area (Å²) in [5, 5.41) is 10.1. The summed E-state index contributed by atoms with van der Waals surface area (Å²) in [5.41, 5.74) is 24.0. The van der Waals surface area contributed by atoms with Crippen molar-refractivity contribution in [2.24, 2.45) is 0 Å². The molecule has 4 heteroatoms. The first-order valence-corrected chi connectivity index (χ1v) is 27.0. The van der Waals surface area contributed by atoms with E-state index in [4.69, 9.17) is 0 Å². The van der Waals surface area contributed by atoms with Crippen LogP contribution in [0.2, 0.25) is 0 Å². The van der Waals surface area contributed by atoms with Gasteiger partial charge in [0.15, 0.2) is 0 Å². The van der Waals surface area contributed by atoms with Gasteiger partial charge in [0.05, 0.1) is 44.1 Å². The predicted molar refractivity (Wildman–Crippen MR) is 330 cm³/mol. The average molecular weight is 995 g/mol. The molecule has 4 nitrogen and oxygen atoms in total. The maximum Gasteiger partial charge on any atom is 0.0547 e. The van der Waals surface area contributed by atoms with Gasteiger partial charge in [0, 0.05) is 65.8 Å². The normalized spacial score (nSPS) is 12.0. The Labute approximate surface area is 451 Å². The minimum atomic E-state index is 1.13. The zero-order valence-electron chi connectivity index (χ0n) is 43.2. The van der Waals surface area contributed by atoms with Gasteiger partial charge in [0.1, 0.15) is 0 Å². The van der Waals surface area contributed by atoms with Crippen LogP contribution in [0.15, 0.2) is 267 Å². The minimum absolute atomic E-state index is 1.13. The highest BCUT2D eigenvalue weighted by Crippen LogP contribution is 2.41. The molecule has 366 valence electrons. The van der Waals surface area contributed by atoms with Crippen LogP contribution in [-0.4, -0.2) is 18.3 Å². The van der Waals surface area contributed by atoms with Gasteiger partial charge >= 0.3 is 0 Å². The van der Waals surface area contributed by atoms with Crippen LogP contribution in [0, 0.1) is 13.8 Å². The van der Waals surface area contributed by atoms with E-state index in [9.17, 15) is 0 Å². The van der Waals surface area contributed by atoms with E-state index in [0.29, 0.717) is 0 Å². The molecule has 0 amide bonds. The fraction of sp³-hybridized carbons (Fsp3) is 0.0270. The van der Waals surface area contributed by atoms with Crippen LogP contribution in [-0.2, 0) is 0 Å². The summed E-state index contributed by atoms with van der Waals surface area (Å²) in [4.78, 5) is 0. The van der Waals surface area contributed by atoms with Gasteiger partial charge < -0.3 is 18.3 Å². The van der Waals surface area contributed by atoms with E-state index in [2.05, 4.69) is 299 Å². The summed E-state index contributed by atoms with van der Waals surface area (Å²) >= 11 is 0. The molecule has 0 saturated heterocycles. The molecular formula is C74H50N4. The third-order valence-corrected chi connectivity index (χ3v) is 16.7. The van der Waals surface area contributed by atoms with Crippen LogP contribution in [0.5, 0.6) is 0 Å². The monoisotopic (exact) mass is 994 g/mol. The van der Waals surface area contributed by atoms with E-state index in [1.54, 1.807) is 0 Å². The number of hydrogen-bond acceptors (Lipinski definition) is 0. The zero-order chi connectivity index (χ0) is 51.6. The molecule has 16 rings (SSSR count). The average Bonchev–Trinajstić information content (AvgIpc) is 4.42. The van der Waals surface area contributed by atoms with Gasteiger partial charge in [-0.15, -0.1) is 0 Å². The lowest BCUT2D eigenvalue weighted by atomic mass is 9.95. The van der Waals surface area contributed by atoms with Crippen LogP contribution < -0.4 is 0 Å². The fourth-order valence-corrected chi connectivity index (χ4v) is 13.0. The van der Waals surface area contributed by atoms with Crippen molar-refractivity contribution in [1.29, 1.82) is 0 Å². The quantitative estimate of drug-likeness (QED) is 0.152. The summed E-state index contributed by atoms with van der Waals surface area (Å²) in [6, 6.07) is 98.5. The fourth-order valence-electron chi connectivity index (χ4n) is 13.0. The molecule has 0 bridgehead atoms. The molecule has 0 spiro atoms. The largest absolute Gasteiger partial charge is 0.309 e. The van der Waals surface area contributed by atoms with Crippen molar-refractivity contribution in [2.45, 2.75) is 13.8 Å². The molecule has 0 fully saturated rings. The molecule has 0 aliphatic carbocycles. The lowest BCUT2D eigenvalue weighted by molar-refractivity contribution is 1.16. The van der Waals surface area contributed by atoms with Gasteiger partial charge in [-0.1, -0.05) is 170 Å². The molecule has 0 saturated carbocycles. The minimum Gasteiger partial charge on any atom is -0.309 e. The molecule has 16 aromatic rings. The zero-order valence-corrected chi connectivity index (χ0v) is 43.2. The first-order chi connectivity index (χ1) is 38.5. The number of aryl methyl sites for hydroxylation is 2. The summed E-state index contributed by atoms with van der Waals surface area (Å²) in [7, 11) is 0. The van der Waals surface area contributed by atoms with E-state index in [0.717, 1.165) is 17.1 Å². The third kappa shape index (κ3) is 6.66. The van der Waals surface area contributed by atoms with Crippen molar-refractivity contribution in [3.05, 3.63) is 278 Å². The number of benzene rings is 12. The van der Waals surface area contributed by atoms with Gasteiger partial charge in [-0.3, -0.25) is 0 Å². The van der Waals surface area contributed by atoms with Crippen LogP contribution >= 0.6 is 0 Å². The number of nitrogens with zero attached hydrogens (tertiary/aromatic N) is 4. The molecule has 12 aromatic carbocycles. The number of rotatable bonds is 7. The third-order valence-electron chi connectivity index (χ3n) is 16.7. The van der Waals surface area contributed by atoms with E-state index in [1.165, 1.54) is 137 Å². The van der Waals surface area contributed by atoms with Crippen molar-refractivity contribution >= 4 is 87.2 Å². The Hall–Kier alpha value is -10.2. The van der Waals surface area contributed by atoms with E-state index in [1.807, 2.05) is 0 Å². The standard InChI is InChI=1S/C74H50N4/c1-47-43-55(77-70-24-12-5-17-61(70)62-18-6-13-25-71(62)77)37-41-57(47)58-42-38-56(44-48(58)2)78-72-26-14-8-20-64(72)66-40-32-52(46-74(66)78)51-31-39-65-63-19-7-11-23-69(63)76(73(65)45-51)54-35-29-50(30-36-54)49-27-33-53(34-28-49)75-67-21-9-3-15-59(67)60-16-4-10-22-68(60)75/h3-46H,1-2H3. The molecule has 4 aromatic heterocycles. The first-order valence-electron chi connectivity index (χ1n) is 27.0. The summed E-state index contributed by atoms with van der Waals surface area (Å²) in [5.74, 6) is 0. The van der Waals surface area contributed by atoms with Gasteiger partial charge in [-0.2, -0.15) is 0 Å². The lowest BCUT2D eigenvalue weighted by Crippen LogP contribution is -1.98. The first kappa shape index (κ1) is 44.2. The van der Waals surface area contributed by atoms with Crippen LogP contribution in [0.1, 0.15) is 11.1 Å². The molecule has 0 unspecified atom stereocenters. The van der Waals surface area contributed by atoms with E-state index < -0.39 is 0 Å². The van der Waals surface area contributed by atoms with Gasteiger partial charge in [-0.05, 0) is 155 Å². The molecule has 0 atom stereocenters. The Morgan fingerprint density at radius 2 is 0.436 bits per heavy atom. The molecular weight excluding hydrogens is 945 g/mol. The van der Waals surface area contributed by atoms with Crippen molar-refractivity contribution in [3.8, 4) is 56.1 Å². The molecule has 4 heterocycles. The van der Waals surface area contributed by atoms with Crippen molar-refractivity contribution in [2.75, 3.05) is 0 Å². The predicted octanol–water partition coefficient (Wildman–Crippen LogP) is 19.7. The molecule has 0 aliphatic rings. The maximum absolute atomic E-state index is 2.46.